The molecule has 22 heavy (non-hydrogen) atoms. The molecule has 0 aromatic carbocycles. The van der Waals surface area contributed by atoms with E-state index in [0.29, 0.717) is 26.2 Å². The van der Waals surface area contributed by atoms with Crippen molar-refractivity contribution >= 4 is 15.9 Å². The number of aryl methyl sites for hydroxylation is 1. The first-order valence-corrected chi connectivity index (χ1v) is 9.12. The number of aromatic nitrogens is 2. The molecule has 2 heterocycles. The van der Waals surface area contributed by atoms with Gasteiger partial charge in [0, 0.05) is 51.0 Å². The number of carbonyl (C=O) groups is 1. The van der Waals surface area contributed by atoms with Gasteiger partial charge in [-0.1, -0.05) is 0 Å². The Balaban J connectivity index is 2.10. The minimum atomic E-state index is -3.33. The summed E-state index contributed by atoms with van der Waals surface area (Å²) in [6.45, 7) is 4.97. The van der Waals surface area contributed by atoms with Gasteiger partial charge in [-0.3, -0.25) is 14.4 Å². The first-order valence-electron chi connectivity index (χ1n) is 7.27. The van der Waals surface area contributed by atoms with Crippen LogP contribution in [0.2, 0.25) is 0 Å². The molecular formula is C13H23N5O3S. The second kappa shape index (κ2) is 6.76. The summed E-state index contributed by atoms with van der Waals surface area (Å²) >= 11 is 0. The molecule has 0 radical (unpaired) electrons. The quantitative estimate of drug-likeness (QED) is 0.753. The Morgan fingerprint density at radius 3 is 2.68 bits per heavy atom. The van der Waals surface area contributed by atoms with Crippen LogP contribution in [-0.2, 0) is 27.9 Å². The molecule has 2 rings (SSSR count). The van der Waals surface area contributed by atoms with Crippen molar-refractivity contribution in [1.82, 2.24) is 19.0 Å². The number of hydrogen-bond acceptors (Lipinski definition) is 5. The first-order chi connectivity index (χ1) is 10.3. The Hall–Kier alpha value is -1.45. The molecule has 124 valence electrons. The van der Waals surface area contributed by atoms with Crippen LogP contribution in [0.25, 0.3) is 0 Å². The Bertz CT molecular complexity index is 627. The van der Waals surface area contributed by atoms with E-state index in [0.717, 1.165) is 18.4 Å². The van der Waals surface area contributed by atoms with E-state index in [1.54, 1.807) is 6.20 Å². The number of nitrogens with two attached hydrogens (primary N) is 1. The monoisotopic (exact) mass is 329 g/mol. The van der Waals surface area contributed by atoms with Crippen LogP contribution in [0.5, 0.6) is 0 Å². The summed E-state index contributed by atoms with van der Waals surface area (Å²) in [5.74, 6) is -0.969. The predicted molar refractivity (Wildman–Crippen MR) is 82.3 cm³/mol. The van der Waals surface area contributed by atoms with Crippen molar-refractivity contribution in [3.05, 3.63) is 18.0 Å². The normalized spacial score (nSPS) is 21.6. The van der Waals surface area contributed by atoms with Gasteiger partial charge >= 0.3 is 0 Å². The van der Waals surface area contributed by atoms with Gasteiger partial charge < -0.3 is 5.73 Å². The maximum Gasteiger partial charge on any atom is 0.223 e. The second-order valence-electron chi connectivity index (χ2n) is 5.66. The molecule has 2 N–H and O–H groups in total. The molecule has 1 atom stereocenters. The van der Waals surface area contributed by atoms with E-state index in [1.807, 2.05) is 17.8 Å². The summed E-state index contributed by atoms with van der Waals surface area (Å²) in [4.78, 5) is 13.6. The SMILES string of the molecule is CCn1cc(CN2CCN(S(C)(=O)=O)CC(C(N)=O)C2)cn1. The van der Waals surface area contributed by atoms with Crippen molar-refractivity contribution < 1.29 is 13.2 Å². The van der Waals surface area contributed by atoms with Gasteiger partial charge in [-0.2, -0.15) is 5.10 Å². The van der Waals surface area contributed by atoms with Crippen molar-refractivity contribution in [1.29, 1.82) is 0 Å². The highest BCUT2D eigenvalue weighted by atomic mass is 32.2. The molecule has 1 aliphatic heterocycles. The number of nitrogens with zero attached hydrogens (tertiary/aromatic N) is 4. The van der Waals surface area contributed by atoms with Crippen LogP contribution in [0.4, 0.5) is 0 Å². The topological polar surface area (TPSA) is 102 Å². The average Bonchev–Trinajstić information content (AvgIpc) is 2.75. The maximum absolute atomic E-state index is 11.8. The first kappa shape index (κ1) is 16.9. The lowest BCUT2D eigenvalue weighted by Crippen LogP contribution is -2.40. The van der Waals surface area contributed by atoms with Gasteiger partial charge in [0.05, 0.1) is 18.4 Å². The van der Waals surface area contributed by atoms with Crippen molar-refractivity contribution in [2.75, 3.05) is 32.4 Å². The van der Waals surface area contributed by atoms with Crippen molar-refractivity contribution in [2.45, 2.75) is 20.0 Å². The third-order valence-electron chi connectivity index (χ3n) is 3.86. The molecule has 1 fully saturated rings. The third-order valence-corrected chi connectivity index (χ3v) is 5.13. The molecular weight excluding hydrogens is 306 g/mol. The molecule has 0 saturated carbocycles. The van der Waals surface area contributed by atoms with Gasteiger partial charge in [-0.15, -0.1) is 0 Å². The van der Waals surface area contributed by atoms with Crippen LogP contribution in [-0.4, -0.2) is 65.7 Å². The molecule has 1 aliphatic rings. The van der Waals surface area contributed by atoms with Crippen LogP contribution in [0.15, 0.2) is 12.4 Å². The molecule has 1 saturated heterocycles. The molecule has 0 spiro atoms. The highest BCUT2D eigenvalue weighted by Gasteiger charge is 2.30. The van der Waals surface area contributed by atoms with Gasteiger partial charge in [0.2, 0.25) is 15.9 Å². The smallest absolute Gasteiger partial charge is 0.223 e. The van der Waals surface area contributed by atoms with E-state index in [-0.39, 0.29) is 6.54 Å². The fraction of sp³-hybridized carbons (Fsp3) is 0.692. The standard InChI is InChI=1S/C13H23N5O3S/c1-3-17-8-11(6-15-17)7-16-4-5-18(22(2,20)21)10-12(9-16)13(14)19/h6,8,12H,3-5,7,9-10H2,1-2H3,(H2,14,19). The fourth-order valence-electron chi connectivity index (χ4n) is 2.59. The molecule has 1 amide bonds. The summed E-state index contributed by atoms with van der Waals surface area (Å²) in [6.07, 6.45) is 4.91. The van der Waals surface area contributed by atoms with E-state index >= 15 is 0 Å². The summed E-state index contributed by atoms with van der Waals surface area (Å²) in [7, 11) is -3.33. The third kappa shape index (κ3) is 4.28. The minimum absolute atomic E-state index is 0.152. The summed E-state index contributed by atoms with van der Waals surface area (Å²) in [6, 6.07) is 0. The number of carbonyl (C=O) groups excluding carboxylic acids is 1. The Labute approximate surface area is 130 Å². The van der Waals surface area contributed by atoms with Crippen LogP contribution in [0.1, 0.15) is 12.5 Å². The molecule has 9 heteroatoms. The van der Waals surface area contributed by atoms with Crippen LogP contribution in [0, 0.1) is 5.92 Å². The number of amides is 1. The Morgan fingerprint density at radius 1 is 1.41 bits per heavy atom. The van der Waals surface area contributed by atoms with Crippen molar-refractivity contribution in [2.24, 2.45) is 11.7 Å². The fourth-order valence-corrected chi connectivity index (χ4v) is 3.46. The van der Waals surface area contributed by atoms with Gasteiger partial charge in [0.1, 0.15) is 0 Å². The number of rotatable bonds is 5. The van der Waals surface area contributed by atoms with Gasteiger partial charge in [-0.05, 0) is 6.92 Å². The number of primary amides is 1. The number of hydrogen-bond donors (Lipinski definition) is 1. The number of sulfonamides is 1. The Kier molecular flexibility index (Phi) is 5.20. The summed E-state index contributed by atoms with van der Waals surface area (Å²) < 4.78 is 26.7. The highest BCUT2D eigenvalue weighted by molar-refractivity contribution is 7.88. The molecule has 0 aliphatic carbocycles. The van der Waals surface area contributed by atoms with Crippen LogP contribution >= 0.6 is 0 Å². The summed E-state index contributed by atoms with van der Waals surface area (Å²) in [5.41, 5.74) is 6.46. The average molecular weight is 329 g/mol. The summed E-state index contributed by atoms with van der Waals surface area (Å²) in [5, 5.41) is 4.22. The van der Waals surface area contributed by atoms with E-state index in [4.69, 9.17) is 5.73 Å². The zero-order chi connectivity index (χ0) is 16.3. The maximum atomic E-state index is 11.8. The van der Waals surface area contributed by atoms with Crippen LogP contribution < -0.4 is 5.73 Å². The van der Waals surface area contributed by atoms with E-state index in [1.165, 1.54) is 4.31 Å². The molecule has 1 unspecified atom stereocenters. The molecule has 8 nitrogen and oxygen atoms in total. The Morgan fingerprint density at radius 2 is 2.14 bits per heavy atom. The van der Waals surface area contributed by atoms with Gasteiger partial charge in [0.25, 0.3) is 0 Å². The van der Waals surface area contributed by atoms with E-state index < -0.39 is 21.8 Å². The van der Waals surface area contributed by atoms with Gasteiger partial charge in [0.15, 0.2) is 0 Å². The van der Waals surface area contributed by atoms with Crippen LogP contribution in [0.3, 0.4) is 0 Å². The minimum Gasteiger partial charge on any atom is -0.369 e. The highest BCUT2D eigenvalue weighted by Crippen LogP contribution is 2.15. The lowest BCUT2D eigenvalue weighted by atomic mass is 10.1. The molecule has 1 aromatic rings. The predicted octanol–water partition coefficient (Wildman–Crippen LogP) is -0.918. The second-order valence-corrected chi connectivity index (χ2v) is 7.64. The molecule has 1 aromatic heterocycles. The molecule has 0 bridgehead atoms. The van der Waals surface area contributed by atoms with Crippen molar-refractivity contribution in [3.8, 4) is 0 Å². The van der Waals surface area contributed by atoms with Gasteiger partial charge in [-0.25, -0.2) is 12.7 Å². The van der Waals surface area contributed by atoms with Crippen molar-refractivity contribution in [3.63, 3.8) is 0 Å². The zero-order valence-corrected chi connectivity index (χ0v) is 13.8. The lowest BCUT2D eigenvalue weighted by Gasteiger charge is -2.21. The lowest BCUT2D eigenvalue weighted by molar-refractivity contribution is -0.122. The largest absolute Gasteiger partial charge is 0.369 e. The zero-order valence-electron chi connectivity index (χ0n) is 13.0. The van der Waals surface area contributed by atoms with E-state index in [2.05, 4.69) is 10.00 Å². The van der Waals surface area contributed by atoms with E-state index in [9.17, 15) is 13.2 Å².